The van der Waals surface area contributed by atoms with Gasteiger partial charge in [-0.2, -0.15) is 0 Å². The van der Waals surface area contributed by atoms with Crippen molar-refractivity contribution in [2.45, 2.75) is 6.92 Å². The molecular weight excluding hydrogens is 304 g/mol. The van der Waals surface area contributed by atoms with Crippen molar-refractivity contribution >= 4 is 12.9 Å². The van der Waals surface area contributed by atoms with Crippen molar-refractivity contribution in [3.63, 3.8) is 0 Å². The Labute approximate surface area is 140 Å². The molecule has 0 bridgehead atoms. The fourth-order valence-electron chi connectivity index (χ4n) is 2.32. The molecule has 0 saturated carbocycles. The maximum absolute atomic E-state index is 14.4. The molecule has 1 heterocycles. The van der Waals surface area contributed by atoms with Crippen LogP contribution >= 0.6 is 0 Å². The van der Waals surface area contributed by atoms with Crippen LogP contribution in [0.3, 0.4) is 0 Å². The van der Waals surface area contributed by atoms with E-state index in [-0.39, 0.29) is 11.3 Å². The highest BCUT2D eigenvalue weighted by Crippen LogP contribution is 2.28. The summed E-state index contributed by atoms with van der Waals surface area (Å²) >= 11 is 0. The van der Waals surface area contributed by atoms with E-state index in [1.165, 1.54) is 0 Å². The summed E-state index contributed by atoms with van der Waals surface area (Å²) in [6.07, 6.45) is 1.65. The molecule has 2 aromatic carbocycles. The van der Waals surface area contributed by atoms with Crippen LogP contribution in [-0.4, -0.2) is 17.9 Å². The van der Waals surface area contributed by atoms with Crippen LogP contribution in [0.15, 0.2) is 72.9 Å². The molecule has 118 valence electrons. The van der Waals surface area contributed by atoms with Crippen LogP contribution in [0, 0.1) is 6.92 Å². The maximum Gasteiger partial charge on any atom is 0.645 e. The van der Waals surface area contributed by atoms with E-state index >= 15 is 0 Å². The van der Waals surface area contributed by atoms with Crippen molar-refractivity contribution in [1.82, 2.24) is 4.98 Å². The fourth-order valence-corrected chi connectivity index (χ4v) is 2.32. The minimum atomic E-state index is -2.07. The molecular formula is C19H15BFNO2. The van der Waals surface area contributed by atoms with Crippen molar-refractivity contribution in [3.05, 3.63) is 84.1 Å². The Balaban J connectivity index is 1.83. The maximum atomic E-state index is 14.4. The third kappa shape index (κ3) is 3.51. The minimum absolute atomic E-state index is 0.281. The Kier molecular flexibility index (Phi) is 4.70. The van der Waals surface area contributed by atoms with Crippen molar-refractivity contribution in [2.24, 2.45) is 0 Å². The molecule has 3 aromatic rings. The largest absolute Gasteiger partial charge is 0.645 e. The number of hydrogen-bond donors (Lipinski definition) is 0. The van der Waals surface area contributed by atoms with Gasteiger partial charge < -0.3 is 4.65 Å². The van der Waals surface area contributed by atoms with Gasteiger partial charge in [-0.05, 0) is 31.2 Å². The number of carbonyl (C=O) groups is 1. The van der Waals surface area contributed by atoms with E-state index in [0.717, 1.165) is 5.56 Å². The second-order valence-electron chi connectivity index (χ2n) is 5.38. The van der Waals surface area contributed by atoms with E-state index in [0.29, 0.717) is 11.3 Å². The van der Waals surface area contributed by atoms with Crippen molar-refractivity contribution in [2.75, 3.05) is 0 Å². The molecule has 0 amide bonds. The molecule has 5 heteroatoms. The lowest BCUT2D eigenvalue weighted by Crippen LogP contribution is -2.28. The van der Waals surface area contributed by atoms with Crippen LogP contribution in [-0.2, 0) is 0 Å². The van der Waals surface area contributed by atoms with Crippen LogP contribution in [0.2, 0.25) is 0 Å². The molecule has 3 rings (SSSR count). The Morgan fingerprint density at radius 3 is 2.42 bits per heavy atom. The van der Waals surface area contributed by atoms with Gasteiger partial charge in [0.2, 0.25) is 5.68 Å². The van der Waals surface area contributed by atoms with Crippen LogP contribution in [0.5, 0.6) is 5.75 Å². The molecule has 0 atom stereocenters. The number of hydrogen-bond acceptors (Lipinski definition) is 3. The van der Waals surface area contributed by atoms with Gasteiger partial charge >= 0.3 is 7.19 Å². The molecule has 0 spiro atoms. The average molecular weight is 319 g/mol. The molecule has 0 N–H and O–H groups in total. The molecule has 1 aromatic heterocycles. The van der Waals surface area contributed by atoms with Gasteiger partial charge in [-0.1, -0.05) is 48.0 Å². The quantitative estimate of drug-likeness (QED) is 0.658. The molecule has 0 saturated heterocycles. The number of para-hydroxylation sites is 1. The fraction of sp³-hybridized carbons (Fsp3) is 0.0526. The third-order valence-electron chi connectivity index (χ3n) is 3.60. The Morgan fingerprint density at radius 1 is 1.00 bits per heavy atom. The average Bonchev–Trinajstić information content (AvgIpc) is 2.63. The van der Waals surface area contributed by atoms with Crippen molar-refractivity contribution < 1.29 is 13.8 Å². The number of halogens is 1. The molecule has 0 radical (unpaired) electrons. The summed E-state index contributed by atoms with van der Waals surface area (Å²) in [5.41, 5.74) is 1.87. The first-order valence-electron chi connectivity index (χ1n) is 7.57. The summed E-state index contributed by atoms with van der Waals surface area (Å²) in [6.45, 7) is 1.90. The highest BCUT2D eigenvalue weighted by Gasteiger charge is 2.31. The van der Waals surface area contributed by atoms with E-state index in [1.54, 1.807) is 60.8 Å². The van der Waals surface area contributed by atoms with Gasteiger partial charge in [-0.3, -0.25) is 14.1 Å². The summed E-state index contributed by atoms with van der Waals surface area (Å²) in [7, 11) is -2.07. The van der Waals surface area contributed by atoms with E-state index in [1.807, 2.05) is 19.1 Å². The van der Waals surface area contributed by atoms with Gasteiger partial charge in [0.1, 0.15) is 5.75 Å². The SMILES string of the molecule is Cc1ccc(C(=O)B(F)Oc2ccccc2-c2ccccn2)cc1. The first kappa shape index (κ1) is 15.9. The lowest BCUT2D eigenvalue weighted by atomic mass is 9.81. The summed E-state index contributed by atoms with van der Waals surface area (Å²) < 4.78 is 19.7. The van der Waals surface area contributed by atoms with Gasteiger partial charge in [0, 0.05) is 17.3 Å². The number of pyridine rings is 1. The predicted octanol–water partition coefficient (Wildman–Crippen LogP) is 4.32. The van der Waals surface area contributed by atoms with E-state index in [9.17, 15) is 9.11 Å². The second-order valence-corrected chi connectivity index (χ2v) is 5.38. The van der Waals surface area contributed by atoms with Crippen LogP contribution in [0.25, 0.3) is 11.3 Å². The van der Waals surface area contributed by atoms with Gasteiger partial charge in [0.05, 0.1) is 5.69 Å². The highest BCUT2D eigenvalue weighted by atomic mass is 19.1. The summed E-state index contributed by atoms with van der Waals surface area (Å²) in [5, 5.41) is 0. The zero-order valence-corrected chi connectivity index (χ0v) is 13.1. The smallest absolute Gasteiger partial charge is 0.527 e. The first-order valence-corrected chi connectivity index (χ1v) is 7.57. The van der Waals surface area contributed by atoms with Crippen LogP contribution in [0.1, 0.15) is 15.9 Å². The van der Waals surface area contributed by atoms with E-state index < -0.39 is 12.9 Å². The zero-order chi connectivity index (χ0) is 16.9. The Morgan fingerprint density at radius 2 is 1.71 bits per heavy atom. The predicted molar refractivity (Wildman–Crippen MR) is 92.7 cm³/mol. The molecule has 0 aliphatic rings. The lowest BCUT2D eigenvalue weighted by molar-refractivity contribution is 0.104. The Bertz CT molecular complexity index is 838. The van der Waals surface area contributed by atoms with E-state index in [2.05, 4.69) is 4.98 Å². The zero-order valence-electron chi connectivity index (χ0n) is 13.1. The molecule has 0 fully saturated rings. The number of carbonyl (C=O) groups excluding carboxylic acids is 1. The molecule has 0 aliphatic heterocycles. The van der Waals surface area contributed by atoms with Gasteiger partial charge in [-0.25, -0.2) is 0 Å². The van der Waals surface area contributed by atoms with Gasteiger partial charge in [-0.15, -0.1) is 0 Å². The van der Waals surface area contributed by atoms with Crippen LogP contribution in [0.4, 0.5) is 4.32 Å². The Hall–Kier alpha value is -2.95. The summed E-state index contributed by atoms with van der Waals surface area (Å²) in [4.78, 5) is 16.4. The summed E-state index contributed by atoms with van der Waals surface area (Å²) in [6, 6.07) is 19.1. The number of aryl methyl sites for hydroxylation is 1. The second kappa shape index (κ2) is 7.09. The van der Waals surface area contributed by atoms with Gasteiger partial charge in [0.25, 0.3) is 0 Å². The van der Waals surface area contributed by atoms with Crippen molar-refractivity contribution in [3.8, 4) is 17.0 Å². The third-order valence-corrected chi connectivity index (χ3v) is 3.60. The van der Waals surface area contributed by atoms with Crippen LogP contribution < -0.4 is 4.65 Å². The molecule has 24 heavy (non-hydrogen) atoms. The highest BCUT2D eigenvalue weighted by molar-refractivity contribution is 6.83. The molecule has 3 nitrogen and oxygen atoms in total. The minimum Gasteiger partial charge on any atom is -0.527 e. The first-order chi connectivity index (χ1) is 11.6. The number of rotatable bonds is 5. The van der Waals surface area contributed by atoms with E-state index in [4.69, 9.17) is 4.65 Å². The molecule has 0 aliphatic carbocycles. The molecule has 0 unspecified atom stereocenters. The monoisotopic (exact) mass is 319 g/mol. The topological polar surface area (TPSA) is 39.2 Å². The lowest BCUT2D eigenvalue weighted by Gasteiger charge is -2.12. The number of aromatic nitrogens is 1. The van der Waals surface area contributed by atoms with Crippen molar-refractivity contribution in [1.29, 1.82) is 0 Å². The number of benzene rings is 2. The normalized spacial score (nSPS) is 10.2. The standard InChI is InChI=1S/C19H15BFNO2/c1-14-9-11-15(12-10-14)19(23)20(21)24-18-8-3-2-6-16(18)17-7-4-5-13-22-17/h2-13H,1H3. The number of nitrogens with zero attached hydrogens (tertiary/aromatic N) is 1. The summed E-state index contributed by atoms with van der Waals surface area (Å²) in [5.74, 6) is 0.282. The van der Waals surface area contributed by atoms with Gasteiger partial charge in [0.15, 0.2) is 0 Å².